The number of thioether (sulfide) groups is 1. The van der Waals surface area contributed by atoms with Gasteiger partial charge in [-0.3, -0.25) is 19.5 Å². The van der Waals surface area contributed by atoms with Crippen molar-refractivity contribution >= 4 is 51.7 Å². The molecular weight excluding hydrogens is 382 g/mol. The predicted molar refractivity (Wildman–Crippen MR) is 111 cm³/mol. The molecule has 2 aromatic rings. The summed E-state index contributed by atoms with van der Waals surface area (Å²) in [6, 6.07) is 15.2. The van der Waals surface area contributed by atoms with Gasteiger partial charge in [0.1, 0.15) is 6.54 Å². The molecule has 0 saturated heterocycles. The van der Waals surface area contributed by atoms with Crippen LogP contribution in [0.2, 0.25) is 5.02 Å². The summed E-state index contributed by atoms with van der Waals surface area (Å²) in [7, 11) is 0. The van der Waals surface area contributed by atoms with E-state index in [-0.39, 0.29) is 24.1 Å². The molecule has 2 heterocycles. The van der Waals surface area contributed by atoms with Crippen LogP contribution in [0.4, 0.5) is 11.4 Å². The van der Waals surface area contributed by atoms with Crippen LogP contribution in [-0.4, -0.2) is 35.8 Å². The molecule has 7 heteroatoms. The van der Waals surface area contributed by atoms with Crippen molar-refractivity contribution in [2.24, 2.45) is 4.99 Å². The maximum Gasteiger partial charge on any atom is 0.254 e. The minimum absolute atomic E-state index is 0.0216. The Kier molecular flexibility index (Phi) is 5.18. The molecule has 0 spiro atoms. The number of halogens is 1. The van der Waals surface area contributed by atoms with Gasteiger partial charge in [-0.25, -0.2) is 0 Å². The number of rotatable bonds is 3. The molecule has 138 valence electrons. The molecule has 2 aromatic carbocycles. The first kappa shape index (κ1) is 18.1. The van der Waals surface area contributed by atoms with Crippen LogP contribution in [0.25, 0.3) is 0 Å². The highest BCUT2D eigenvalue weighted by atomic mass is 35.5. The number of anilines is 2. The fraction of sp³-hybridized carbons (Fsp3) is 0.250. The summed E-state index contributed by atoms with van der Waals surface area (Å²) in [6.07, 6.45) is 1.95. The number of aliphatic imine (C=N–C) groups is 1. The number of fused-ring (bicyclic) bond motifs is 1. The van der Waals surface area contributed by atoms with Gasteiger partial charge >= 0.3 is 0 Å². The number of hydrogen-bond acceptors (Lipinski definition) is 4. The van der Waals surface area contributed by atoms with Gasteiger partial charge in [-0.1, -0.05) is 53.7 Å². The number of carbonyl (C=O) groups excluding carboxylic acids is 2. The van der Waals surface area contributed by atoms with Crippen LogP contribution in [0.1, 0.15) is 12.0 Å². The molecule has 0 bridgehead atoms. The zero-order chi connectivity index (χ0) is 18.8. The van der Waals surface area contributed by atoms with Gasteiger partial charge in [-0.2, -0.15) is 0 Å². The lowest BCUT2D eigenvalue weighted by atomic mass is 10.0. The Bertz CT molecular complexity index is 931. The molecule has 0 radical (unpaired) electrons. The third kappa shape index (κ3) is 3.59. The number of amidine groups is 1. The maximum atomic E-state index is 12.8. The first-order valence-corrected chi connectivity index (χ1v) is 10.1. The number of carbonyl (C=O) groups is 2. The number of nitrogens with zero attached hydrogens (tertiary/aromatic N) is 3. The predicted octanol–water partition coefficient (Wildman–Crippen LogP) is 3.76. The van der Waals surface area contributed by atoms with E-state index in [0.717, 1.165) is 25.1 Å². The van der Waals surface area contributed by atoms with Crippen LogP contribution in [-0.2, 0) is 16.0 Å². The molecule has 2 aliphatic heterocycles. The largest absolute Gasteiger partial charge is 0.311 e. The van der Waals surface area contributed by atoms with Crippen molar-refractivity contribution in [3.63, 3.8) is 0 Å². The van der Waals surface area contributed by atoms with Crippen LogP contribution < -0.4 is 9.80 Å². The fourth-order valence-electron chi connectivity index (χ4n) is 3.36. The first-order chi connectivity index (χ1) is 13.1. The third-order valence-electron chi connectivity index (χ3n) is 4.62. The number of amides is 2. The highest BCUT2D eigenvalue weighted by molar-refractivity contribution is 8.14. The quantitative estimate of drug-likeness (QED) is 0.789. The number of benzene rings is 2. The number of hydrogen-bond donors (Lipinski definition) is 0. The molecule has 0 aromatic heterocycles. The molecule has 2 amide bonds. The van der Waals surface area contributed by atoms with E-state index < -0.39 is 0 Å². The smallest absolute Gasteiger partial charge is 0.254 e. The van der Waals surface area contributed by atoms with E-state index in [1.807, 2.05) is 35.2 Å². The van der Waals surface area contributed by atoms with Crippen molar-refractivity contribution in [2.75, 3.05) is 28.6 Å². The lowest BCUT2D eigenvalue weighted by Crippen LogP contribution is -2.38. The van der Waals surface area contributed by atoms with E-state index >= 15 is 0 Å². The minimum Gasteiger partial charge on any atom is -0.311 e. The Labute approximate surface area is 167 Å². The minimum atomic E-state index is -0.138. The third-order valence-corrected chi connectivity index (χ3v) is 5.90. The topological polar surface area (TPSA) is 53.0 Å². The van der Waals surface area contributed by atoms with E-state index in [1.165, 1.54) is 22.2 Å². The fourth-order valence-corrected chi connectivity index (χ4v) is 4.47. The van der Waals surface area contributed by atoms with E-state index in [4.69, 9.17) is 11.6 Å². The van der Waals surface area contributed by atoms with Gasteiger partial charge in [0, 0.05) is 12.2 Å². The molecule has 5 nitrogen and oxygen atoms in total. The second kappa shape index (κ2) is 7.74. The van der Waals surface area contributed by atoms with Crippen LogP contribution in [0.5, 0.6) is 0 Å². The van der Waals surface area contributed by atoms with E-state index in [9.17, 15) is 9.59 Å². The molecule has 0 N–H and O–H groups in total. The molecular formula is C20H18ClN3O2S. The monoisotopic (exact) mass is 399 g/mol. The van der Waals surface area contributed by atoms with Crippen molar-refractivity contribution in [1.29, 1.82) is 0 Å². The Morgan fingerprint density at radius 2 is 1.85 bits per heavy atom. The van der Waals surface area contributed by atoms with Crippen LogP contribution >= 0.6 is 23.4 Å². The molecule has 0 atom stereocenters. The van der Waals surface area contributed by atoms with Gasteiger partial charge in [0.2, 0.25) is 5.91 Å². The standard InChI is InChI=1S/C20H18ClN3O2S/c21-15-8-2-4-10-17(15)24-18(25)12-22-20(24)27-13-19(26)23-11-5-7-14-6-1-3-9-16(14)23/h1-4,6,8-10H,5,7,11-13H2. The van der Waals surface area contributed by atoms with E-state index in [0.29, 0.717) is 15.9 Å². The van der Waals surface area contributed by atoms with Crippen molar-refractivity contribution in [3.8, 4) is 0 Å². The molecule has 2 aliphatic rings. The Morgan fingerprint density at radius 1 is 1.11 bits per heavy atom. The zero-order valence-corrected chi connectivity index (χ0v) is 16.2. The van der Waals surface area contributed by atoms with Crippen LogP contribution in [0.15, 0.2) is 53.5 Å². The summed E-state index contributed by atoms with van der Waals surface area (Å²) in [5.74, 6) is 0.108. The highest BCUT2D eigenvalue weighted by Gasteiger charge is 2.30. The molecule has 0 aliphatic carbocycles. The summed E-state index contributed by atoms with van der Waals surface area (Å²) < 4.78 is 0. The first-order valence-electron chi connectivity index (χ1n) is 8.78. The number of aryl methyl sites for hydroxylation is 1. The highest BCUT2D eigenvalue weighted by Crippen LogP contribution is 2.31. The summed E-state index contributed by atoms with van der Waals surface area (Å²) in [5, 5.41) is 1.00. The number of para-hydroxylation sites is 2. The normalized spacial score (nSPS) is 16.3. The lowest BCUT2D eigenvalue weighted by Gasteiger charge is -2.29. The molecule has 4 rings (SSSR count). The average molecular weight is 400 g/mol. The van der Waals surface area contributed by atoms with Crippen molar-refractivity contribution < 1.29 is 9.59 Å². The van der Waals surface area contributed by atoms with Crippen LogP contribution in [0.3, 0.4) is 0 Å². The van der Waals surface area contributed by atoms with Gasteiger partial charge < -0.3 is 4.90 Å². The van der Waals surface area contributed by atoms with Gasteiger partial charge in [0.25, 0.3) is 5.91 Å². The Morgan fingerprint density at radius 3 is 2.67 bits per heavy atom. The van der Waals surface area contributed by atoms with Gasteiger partial charge in [-0.15, -0.1) is 0 Å². The SMILES string of the molecule is O=C(CSC1=NCC(=O)N1c1ccccc1Cl)N1CCCc2ccccc21. The Hall–Kier alpha value is -2.31. The van der Waals surface area contributed by atoms with Gasteiger partial charge in [-0.05, 0) is 36.6 Å². The molecule has 0 unspecified atom stereocenters. The van der Waals surface area contributed by atoms with Crippen molar-refractivity contribution in [2.45, 2.75) is 12.8 Å². The van der Waals surface area contributed by atoms with Crippen LogP contribution in [0, 0.1) is 0 Å². The summed E-state index contributed by atoms with van der Waals surface area (Å²) in [4.78, 5) is 32.8. The Balaban J connectivity index is 1.48. The summed E-state index contributed by atoms with van der Waals surface area (Å²) in [5.41, 5.74) is 2.79. The van der Waals surface area contributed by atoms with E-state index in [2.05, 4.69) is 11.1 Å². The summed E-state index contributed by atoms with van der Waals surface area (Å²) >= 11 is 7.52. The lowest BCUT2D eigenvalue weighted by molar-refractivity contribution is -0.116. The van der Waals surface area contributed by atoms with Gasteiger partial charge in [0.15, 0.2) is 5.17 Å². The molecule has 27 heavy (non-hydrogen) atoms. The summed E-state index contributed by atoms with van der Waals surface area (Å²) in [6.45, 7) is 0.796. The molecule has 0 fully saturated rings. The zero-order valence-electron chi connectivity index (χ0n) is 14.6. The second-order valence-corrected chi connectivity index (χ2v) is 7.70. The maximum absolute atomic E-state index is 12.8. The van der Waals surface area contributed by atoms with Crippen molar-refractivity contribution in [1.82, 2.24) is 0 Å². The second-order valence-electron chi connectivity index (χ2n) is 6.35. The molecule has 0 saturated carbocycles. The van der Waals surface area contributed by atoms with Crippen molar-refractivity contribution in [3.05, 3.63) is 59.1 Å². The average Bonchev–Trinajstić information content (AvgIpc) is 3.06. The van der Waals surface area contributed by atoms with E-state index in [1.54, 1.807) is 12.1 Å². The van der Waals surface area contributed by atoms with Gasteiger partial charge in [0.05, 0.1) is 16.5 Å².